The number of nitrogens with one attached hydrogen (secondary N) is 1. The number of ether oxygens (including phenoxy) is 1. The van der Waals surface area contributed by atoms with Gasteiger partial charge in [0.25, 0.3) is 5.91 Å². The molecule has 3 aromatic rings. The van der Waals surface area contributed by atoms with Crippen LogP contribution >= 0.6 is 0 Å². The minimum absolute atomic E-state index is 0.0761. The quantitative estimate of drug-likeness (QED) is 0.523. The lowest BCUT2D eigenvalue weighted by Crippen LogP contribution is -2.38. The number of methoxy groups -OCH3 is 1. The van der Waals surface area contributed by atoms with E-state index >= 15 is 0 Å². The third-order valence-corrected chi connectivity index (χ3v) is 8.23. The molecule has 0 aliphatic carbocycles. The molecule has 35 heavy (non-hydrogen) atoms. The van der Waals surface area contributed by atoms with Crippen LogP contribution in [-0.2, 0) is 34.1 Å². The average Bonchev–Trinajstić information content (AvgIpc) is 3.45. The van der Waals surface area contributed by atoms with E-state index in [0.29, 0.717) is 36.3 Å². The number of rotatable bonds is 7. The third-order valence-electron chi connectivity index (χ3n) is 6.44. The van der Waals surface area contributed by atoms with Crippen molar-refractivity contribution in [1.82, 2.24) is 29.0 Å². The summed E-state index contributed by atoms with van der Waals surface area (Å²) in [5.41, 5.74) is 2.54. The van der Waals surface area contributed by atoms with Gasteiger partial charge in [0.2, 0.25) is 10.0 Å². The number of carbonyl (C=O) groups excluding carboxylic acids is 1. The van der Waals surface area contributed by atoms with E-state index < -0.39 is 15.9 Å². The molecule has 3 aromatic heterocycles. The van der Waals surface area contributed by atoms with Crippen molar-refractivity contribution in [3.63, 3.8) is 0 Å². The Kier molecular flexibility index (Phi) is 6.34. The second-order valence-corrected chi connectivity index (χ2v) is 10.9. The lowest BCUT2D eigenvalue weighted by molar-refractivity contribution is 0.102. The van der Waals surface area contributed by atoms with E-state index in [1.807, 2.05) is 12.1 Å². The lowest BCUT2D eigenvalue weighted by atomic mass is 10.0. The van der Waals surface area contributed by atoms with E-state index in [1.165, 1.54) is 11.4 Å². The monoisotopic (exact) mass is 497 g/mol. The topological polar surface area (TPSA) is 132 Å². The summed E-state index contributed by atoms with van der Waals surface area (Å²) in [6.07, 6.45) is 4.10. The Labute approximate surface area is 203 Å². The zero-order chi connectivity index (χ0) is 24.6. The summed E-state index contributed by atoms with van der Waals surface area (Å²) in [5, 5.41) is 11.4. The molecule has 2 aliphatic rings. The first-order valence-corrected chi connectivity index (χ1v) is 13.1. The number of fused-ring (bicyclic) bond motifs is 2. The van der Waals surface area contributed by atoms with Crippen LogP contribution in [0.3, 0.4) is 0 Å². The number of amides is 1. The van der Waals surface area contributed by atoms with Gasteiger partial charge in [0.15, 0.2) is 5.82 Å². The smallest absolute Gasteiger partial charge is 0.275 e. The maximum absolute atomic E-state index is 13.0. The number of pyridine rings is 2. The molecular formula is C23H27N7O4S. The molecule has 5 rings (SSSR count). The minimum Gasteiger partial charge on any atom is -0.384 e. The van der Waals surface area contributed by atoms with E-state index in [0.717, 1.165) is 29.8 Å². The molecule has 0 fully saturated rings. The van der Waals surface area contributed by atoms with Crippen LogP contribution in [-0.4, -0.2) is 69.4 Å². The first kappa shape index (κ1) is 23.5. The molecule has 5 heterocycles. The highest BCUT2D eigenvalue weighted by Crippen LogP contribution is 2.30. The number of aryl methyl sites for hydroxylation is 1. The number of carbonyl (C=O) groups is 1. The van der Waals surface area contributed by atoms with Gasteiger partial charge in [-0.3, -0.25) is 9.78 Å². The van der Waals surface area contributed by atoms with E-state index in [4.69, 9.17) is 4.74 Å². The summed E-state index contributed by atoms with van der Waals surface area (Å²) >= 11 is 0. The summed E-state index contributed by atoms with van der Waals surface area (Å²) < 4.78 is 33.6. The van der Waals surface area contributed by atoms with Crippen molar-refractivity contribution >= 4 is 21.7 Å². The van der Waals surface area contributed by atoms with Gasteiger partial charge >= 0.3 is 0 Å². The summed E-state index contributed by atoms with van der Waals surface area (Å²) in [7, 11) is -1.97. The predicted molar refractivity (Wildman–Crippen MR) is 128 cm³/mol. The normalized spacial score (nSPS) is 17.7. The van der Waals surface area contributed by atoms with Crippen LogP contribution in [0.4, 0.5) is 5.82 Å². The Morgan fingerprint density at radius 2 is 2.09 bits per heavy atom. The number of hydrogen-bond acceptors (Lipinski definition) is 8. The van der Waals surface area contributed by atoms with E-state index in [-0.39, 0.29) is 24.6 Å². The molecule has 1 amide bonds. The predicted octanol–water partition coefficient (Wildman–Crippen LogP) is 1.83. The molecule has 0 spiro atoms. The van der Waals surface area contributed by atoms with Crippen LogP contribution in [0, 0.1) is 0 Å². The van der Waals surface area contributed by atoms with Crippen LogP contribution < -0.4 is 5.32 Å². The Balaban J connectivity index is 1.33. The Morgan fingerprint density at radius 3 is 2.91 bits per heavy atom. The SMILES string of the molecule is COCCS(=O)(=O)N1CCc2cnc(C(=O)Nc3cccc(-c4nnc5n4[C@H](C)CC5)n3)cc2C1. The van der Waals surface area contributed by atoms with E-state index in [2.05, 4.69) is 37.0 Å². The number of anilines is 1. The van der Waals surface area contributed by atoms with Crippen LogP contribution in [0.5, 0.6) is 0 Å². The largest absolute Gasteiger partial charge is 0.384 e. The van der Waals surface area contributed by atoms with Crippen molar-refractivity contribution < 1.29 is 17.9 Å². The summed E-state index contributed by atoms with van der Waals surface area (Å²) in [5.74, 6) is 1.51. The summed E-state index contributed by atoms with van der Waals surface area (Å²) in [4.78, 5) is 21.8. The molecule has 184 valence electrons. The Hall–Kier alpha value is -3.22. The molecule has 0 bridgehead atoms. The van der Waals surface area contributed by atoms with Gasteiger partial charge < -0.3 is 14.6 Å². The fraction of sp³-hybridized carbons (Fsp3) is 0.435. The Morgan fingerprint density at radius 1 is 1.23 bits per heavy atom. The zero-order valence-corrected chi connectivity index (χ0v) is 20.5. The van der Waals surface area contributed by atoms with Gasteiger partial charge in [-0.25, -0.2) is 13.4 Å². The van der Waals surface area contributed by atoms with Gasteiger partial charge in [0.05, 0.1) is 12.4 Å². The number of hydrogen-bond donors (Lipinski definition) is 1. The van der Waals surface area contributed by atoms with Crippen LogP contribution in [0.2, 0.25) is 0 Å². The van der Waals surface area contributed by atoms with Crippen LogP contribution in [0.25, 0.3) is 11.5 Å². The van der Waals surface area contributed by atoms with Crippen molar-refractivity contribution in [3.8, 4) is 11.5 Å². The van der Waals surface area contributed by atoms with E-state index in [9.17, 15) is 13.2 Å². The van der Waals surface area contributed by atoms with E-state index in [1.54, 1.807) is 18.3 Å². The molecule has 12 heteroatoms. The van der Waals surface area contributed by atoms with Crippen molar-refractivity contribution in [1.29, 1.82) is 0 Å². The first-order chi connectivity index (χ1) is 16.9. The molecule has 0 aromatic carbocycles. The number of aromatic nitrogens is 5. The van der Waals surface area contributed by atoms with Gasteiger partial charge in [-0.15, -0.1) is 10.2 Å². The second-order valence-electron chi connectivity index (χ2n) is 8.79. The van der Waals surface area contributed by atoms with Gasteiger partial charge in [0, 0.05) is 38.9 Å². The molecule has 0 unspecified atom stereocenters. The lowest BCUT2D eigenvalue weighted by Gasteiger charge is -2.28. The maximum Gasteiger partial charge on any atom is 0.275 e. The van der Waals surface area contributed by atoms with Gasteiger partial charge in [0.1, 0.15) is 23.0 Å². The first-order valence-electron chi connectivity index (χ1n) is 11.5. The third kappa shape index (κ3) is 4.68. The molecule has 2 aliphatic heterocycles. The Bertz CT molecular complexity index is 1370. The summed E-state index contributed by atoms with van der Waals surface area (Å²) in [6, 6.07) is 7.30. The molecule has 1 atom stereocenters. The van der Waals surface area contributed by atoms with Gasteiger partial charge in [-0.05, 0) is 49.1 Å². The van der Waals surface area contributed by atoms with Crippen molar-refractivity contribution in [3.05, 3.63) is 53.1 Å². The highest BCUT2D eigenvalue weighted by atomic mass is 32.2. The fourth-order valence-electron chi connectivity index (χ4n) is 4.50. The minimum atomic E-state index is -3.44. The highest BCUT2D eigenvalue weighted by Gasteiger charge is 2.28. The second kappa shape index (κ2) is 9.44. The molecule has 0 radical (unpaired) electrons. The summed E-state index contributed by atoms with van der Waals surface area (Å²) in [6.45, 7) is 2.85. The molecule has 1 N–H and O–H groups in total. The fourth-order valence-corrected chi connectivity index (χ4v) is 5.84. The van der Waals surface area contributed by atoms with Crippen LogP contribution in [0.15, 0.2) is 30.5 Å². The number of sulfonamides is 1. The maximum atomic E-state index is 13.0. The average molecular weight is 498 g/mol. The standard InChI is InChI=1S/C23H27N7O4S/c1-15-6-7-21-27-28-22(30(15)21)18-4-3-5-20(25-18)26-23(31)19-12-17-14-29(9-8-16(17)13-24-19)35(32,33)11-10-34-2/h3-5,12-13,15H,6-11,14H2,1-2H3,(H,25,26,31)/t15-/m1/s1. The van der Waals surface area contributed by atoms with Crippen LogP contribution in [0.1, 0.15) is 46.8 Å². The van der Waals surface area contributed by atoms with Crippen molar-refractivity contribution in [2.75, 3.05) is 31.3 Å². The molecular weight excluding hydrogens is 470 g/mol. The number of nitrogens with zero attached hydrogens (tertiary/aromatic N) is 6. The van der Waals surface area contributed by atoms with Gasteiger partial charge in [-0.1, -0.05) is 6.07 Å². The molecule has 0 saturated carbocycles. The molecule has 0 saturated heterocycles. The van der Waals surface area contributed by atoms with Crippen molar-refractivity contribution in [2.24, 2.45) is 0 Å². The molecule has 11 nitrogen and oxygen atoms in total. The van der Waals surface area contributed by atoms with Crippen molar-refractivity contribution in [2.45, 2.75) is 38.8 Å². The highest BCUT2D eigenvalue weighted by molar-refractivity contribution is 7.89. The zero-order valence-electron chi connectivity index (χ0n) is 19.6. The van der Waals surface area contributed by atoms with Gasteiger partial charge in [-0.2, -0.15) is 4.31 Å².